The van der Waals surface area contributed by atoms with Gasteiger partial charge in [-0.15, -0.1) is 0 Å². The molecule has 1 heterocycles. The number of aromatic nitrogens is 1. The lowest BCUT2D eigenvalue weighted by Gasteiger charge is -1.91. The molecule has 0 aliphatic carbocycles. The molecule has 1 aromatic carbocycles. The minimum absolute atomic E-state index is 1.11. The second-order valence-corrected chi connectivity index (χ2v) is 2.37. The Morgan fingerprint density at radius 2 is 2.30 bits per heavy atom. The van der Waals surface area contributed by atoms with Crippen molar-refractivity contribution >= 4 is 10.9 Å². The highest BCUT2D eigenvalue weighted by atomic mass is 14.7. The Hall–Kier alpha value is -1.24. The van der Waals surface area contributed by atoms with Crippen molar-refractivity contribution in [3.63, 3.8) is 0 Å². The third-order valence-electron chi connectivity index (χ3n) is 1.66. The van der Waals surface area contributed by atoms with Gasteiger partial charge in [0.05, 0.1) is 6.20 Å². The summed E-state index contributed by atoms with van der Waals surface area (Å²) in [5.41, 5.74) is 2.36. The smallest absolute Gasteiger partial charge is 0.0718 e. The maximum absolute atomic E-state index is 3.01. The maximum Gasteiger partial charge on any atom is 0.0718 e. The van der Waals surface area contributed by atoms with E-state index in [1.807, 2.05) is 12.1 Å². The van der Waals surface area contributed by atoms with Crippen molar-refractivity contribution < 1.29 is 0 Å². The number of benzene rings is 1. The van der Waals surface area contributed by atoms with Crippen LogP contribution in [0, 0.1) is 19.2 Å². The average Bonchev–Trinajstić information content (AvgIpc) is 2.36. The van der Waals surface area contributed by atoms with Crippen molar-refractivity contribution in [1.82, 2.24) is 4.98 Å². The summed E-state index contributed by atoms with van der Waals surface area (Å²) in [5.74, 6) is 0. The van der Waals surface area contributed by atoms with Gasteiger partial charge in [-0.25, -0.2) is 0 Å². The number of hydrogen-bond donors (Lipinski definition) is 1. The molecule has 0 amide bonds. The van der Waals surface area contributed by atoms with E-state index in [0.717, 1.165) is 10.9 Å². The van der Waals surface area contributed by atoms with Gasteiger partial charge in [0, 0.05) is 17.0 Å². The first-order valence-corrected chi connectivity index (χ1v) is 3.24. The highest BCUT2D eigenvalue weighted by molar-refractivity contribution is 5.81. The fourth-order valence-corrected chi connectivity index (χ4v) is 1.10. The molecule has 2 radical (unpaired) electrons. The normalized spacial score (nSPS) is 10.5. The van der Waals surface area contributed by atoms with Crippen LogP contribution in [0.4, 0.5) is 0 Å². The van der Waals surface area contributed by atoms with E-state index >= 15 is 0 Å². The molecular weight excluding hydrogens is 122 g/mol. The molecule has 0 saturated carbocycles. The van der Waals surface area contributed by atoms with E-state index in [1.165, 1.54) is 5.56 Å². The van der Waals surface area contributed by atoms with E-state index in [4.69, 9.17) is 0 Å². The van der Waals surface area contributed by atoms with E-state index in [1.54, 1.807) is 0 Å². The van der Waals surface area contributed by atoms with Gasteiger partial charge in [0.25, 0.3) is 0 Å². The zero-order chi connectivity index (χ0) is 6.97. The lowest BCUT2D eigenvalue weighted by Crippen LogP contribution is -1.71. The van der Waals surface area contributed by atoms with Crippen molar-refractivity contribution in [2.24, 2.45) is 0 Å². The van der Waals surface area contributed by atoms with Gasteiger partial charge >= 0.3 is 0 Å². The van der Waals surface area contributed by atoms with Crippen LogP contribution in [0.2, 0.25) is 0 Å². The van der Waals surface area contributed by atoms with Crippen LogP contribution < -0.4 is 0 Å². The van der Waals surface area contributed by atoms with Crippen LogP contribution in [0.25, 0.3) is 10.9 Å². The van der Waals surface area contributed by atoms with Gasteiger partial charge in [-0.3, -0.25) is 0 Å². The molecule has 0 unspecified atom stereocenters. The highest BCUT2D eigenvalue weighted by Gasteiger charge is 1.94. The van der Waals surface area contributed by atoms with E-state index in [0.29, 0.717) is 0 Å². The summed E-state index contributed by atoms with van der Waals surface area (Å²) in [4.78, 5) is 2.98. The molecule has 0 bridgehead atoms. The highest BCUT2D eigenvalue weighted by Crippen LogP contribution is 2.14. The van der Waals surface area contributed by atoms with Gasteiger partial charge in [0.2, 0.25) is 0 Å². The molecule has 0 saturated heterocycles. The predicted octanol–water partition coefficient (Wildman–Crippen LogP) is 2.08. The molecule has 0 fully saturated rings. The lowest BCUT2D eigenvalue weighted by molar-refractivity contribution is 1.45. The van der Waals surface area contributed by atoms with Gasteiger partial charge in [0.1, 0.15) is 0 Å². The van der Waals surface area contributed by atoms with Crippen LogP contribution in [0.15, 0.2) is 18.2 Å². The quantitative estimate of drug-likeness (QED) is 0.560. The van der Waals surface area contributed by atoms with E-state index in [-0.39, 0.29) is 0 Å². The average molecular weight is 129 g/mol. The Kier molecular flexibility index (Phi) is 1.04. The third kappa shape index (κ3) is 0.637. The summed E-state index contributed by atoms with van der Waals surface area (Å²) in [7, 11) is 0. The Morgan fingerprint density at radius 1 is 1.40 bits per heavy atom. The van der Waals surface area contributed by atoms with E-state index in [9.17, 15) is 0 Å². The molecule has 1 aromatic heterocycles. The van der Waals surface area contributed by atoms with Crippen LogP contribution in [0.5, 0.6) is 0 Å². The summed E-state index contributed by atoms with van der Waals surface area (Å²) >= 11 is 0. The Labute approximate surface area is 59.7 Å². The summed E-state index contributed by atoms with van der Waals surface area (Å²) in [5, 5.41) is 1.14. The Balaban J connectivity index is 2.95. The summed E-state index contributed by atoms with van der Waals surface area (Å²) in [6, 6.07) is 9.12. The van der Waals surface area contributed by atoms with Crippen molar-refractivity contribution in [3.05, 3.63) is 36.0 Å². The van der Waals surface area contributed by atoms with Gasteiger partial charge in [0.15, 0.2) is 0 Å². The molecule has 48 valence electrons. The molecule has 2 aromatic rings. The van der Waals surface area contributed by atoms with Crippen molar-refractivity contribution in [3.8, 4) is 0 Å². The number of hydrogen-bond acceptors (Lipinski definition) is 0. The molecule has 10 heavy (non-hydrogen) atoms. The summed E-state index contributed by atoms with van der Waals surface area (Å²) in [6.45, 7) is 2.07. The fourth-order valence-electron chi connectivity index (χ4n) is 1.10. The van der Waals surface area contributed by atoms with Gasteiger partial charge in [-0.05, 0) is 18.6 Å². The van der Waals surface area contributed by atoms with Gasteiger partial charge in [-0.1, -0.05) is 12.1 Å². The number of nitrogens with one attached hydrogen (secondary N) is 1. The first-order valence-electron chi connectivity index (χ1n) is 3.24. The van der Waals surface area contributed by atoms with Crippen molar-refractivity contribution in [1.29, 1.82) is 0 Å². The van der Waals surface area contributed by atoms with Crippen LogP contribution in [-0.4, -0.2) is 4.98 Å². The Bertz CT molecular complexity index is 346. The Morgan fingerprint density at radius 3 is 3.10 bits per heavy atom. The number of rotatable bonds is 0. The molecule has 2 rings (SSSR count). The number of H-pyrrole nitrogens is 1. The van der Waals surface area contributed by atoms with Crippen LogP contribution in [-0.2, 0) is 0 Å². The second-order valence-electron chi connectivity index (χ2n) is 2.37. The fraction of sp³-hybridized carbons (Fsp3) is 0.111. The molecule has 1 N–H and O–H groups in total. The first kappa shape index (κ1) is 5.54. The summed E-state index contributed by atoms with van der Waals surface area (Å²) < 4.78 is 0. The monoisotopic (exact) mass is 129 g/mol. The van der Waals surface area contributed by atoms with Crippen molar-refractivity contribution in [2.75, 3.05) is 0 Å². The maximum atomic E-state index is 3.01. The number of aryl methyl sites for hydroxylation is 1. The minimum Gasteiger partial charge on any atom is -0.353 e. The largest absolute Gasteiger partial charge is 0.353 e. The zero-order valence-electron chi connectivity index (χ0n) is 5.73. The van der Waals surface area contributed by atoms with E-state index < -0.39 is 0 Å². The molecular formula is C9H7N. The molecule has 1 nitrogen and oxygen atoms in total. The molecule has 0 spiro atoms. The first-order chi connectivity index (χ1) is 4.88. The minimum atomic E-state index is 1.11. The van der Waals surface area contributed by atoms with E-state index in [2.05, 4.69) is 30.2 Å². The van der Waals surface area contributed by atoms with Gasteiger partial charge in [-0.2, -0.15) is 0 Å². The number of fused-ring (bicyclic) bond motifs is 1. The van der Waals surface area contributed by atoms with Crippen LogP contribution in [0.1, 0.15) is 5.56 Å². The molecule has 1 heteroatoms. The SMILES string of the molecule is Cc1cccc2[nH][c][c]c12. The molecule has 0 atom stereocenters. The zero-order valence-corrected chi connectivity index (χ0v) is 5.73. The standard InChI is InChI=1S/C9H7N/c1-7-3-2-4-9-8(7)5-6-10-9/h2-4,10H,1H3. The third-order valence-corrected chi connectivity index (χ3v) is 1.66. The lowest BCUT2D eigenvalue weighted by atomic mass is 10.1. The van der Waals surface area contributed by atoms with Crippen molar-refractivity contribution in [2.45, 2.75) is 6.92 Å². The molecule has 0 aliphatic rings. The van der Waals surface area contributed by atoms with Gasteiger partial charge < -0.3 is 4.98 Å². The predicted molar refractivity (Wildman–Crippen MR) is 40.7 cm³/mol. The second kappa shape index (κ2) is 1.87. The van der Waals surface area contributed by atoms with Crippen LogP contribution >= 0.6 is 0 Å². The topological polar surface area (TPSA) is 15.8 Å². The molecule has 0 aliphatic heterocycles. The van der Waals surface area contributed by atoms with Crippen LogP contribution in [0.3, 0.4) is 0 Å². The summed E-state index contributed by atoms with van der Waals surface area (Å²) in [6.07, 6.45) is 2.83. The number of aromatic amines is 1.